The normalized spacial score (nSPS) is 12.4. The Kier molecular flexibility index (Phi) is 5.02. The number of aromatic nitrogens is 1. The number of amides is 1. The predicted molar refractivity (Wildman–Crippen MR) is 99.0 cm³/mol. The Labute approximate surface area is 142 Å². The average Bonchev–Trinajstić information content (AvgIpc) is 2.63. The molecule has 1 aromatic heterocycles. The maximum Gasteiger partial charge on any atom is 0.228 e. The zero-order chi connectivity index (χ0) is 16.8. The van der Waals surface area contributed by atoms with Crippen molar-refractivity contribution in [2.75, 3.05) is 5.32 Å². The van der Waals surface area contributed by atoms with E-state index >= 15 is 0 Å². The summed E-state index contributed by atoms with van der Waals surface area (Å²) in [6.45, 7) is 2.12. The standard InChI is InChI=1S/C21H20N2O/c1-16(17-9-3-2-4-10-17)8-5-14-20(24)23-19-13-6-11-18-12-7-15-22-21(18)19/h2-13,15-16H,14H2,1H3,(H,23,24). The van der Waals surface area contributed by atoms with Crippen LogP contribution in [0.2, 0.25) is 0 Å². The number of nitrogens with one attached hydrogen (secondary N) is 1. The molecule has 3 rings (SSSR count). The van der Waals surface area contributed by atoms with E-state index in [4.69, 9.17) is 0 Å². The van der Waals surface area contributed by atoms with Gasteiger partial charge in [0.25, 0.3) is 0 Å². The molecular formula is C21H20N2O. The highest BCUT2D eigenvalue weighted by Crippen LogP contribution is 2.21. The predicted octanol–water partition coefficient (Wildman–Crippen LogP) is 4.92. The lowest BCUT2D eigenvalue weighted by Gasteiger charge is -2.08. The summed E-state index contributed by atoms with van der Waals surface area (Å²) in [5.74, 6) is 0.253. The van der Waals surface area contributed by atoms with Gasteiger partial charge in [-0.05, 0) is 23.6 Å². The molecule has 2 aromatic carbocycles. The quantitative estimate of drug-likeness (QED) is 0.679. The SMILES string of the molecule is CC(C=CCC(=O)Nc1cccc2cccnc12)c1ccccc1. The summed E-state index contributed by atoms with van der Waals surface area (Å²) in [5.41, 5.74) is 2.81. The molecule has 1 N–H and O–H groups in total. The second kappa shape index (κ2) is 7.55. The van der Waals surface area contributed by atoms with Gasteiger partial charge in [0.05, 0.1) is 11.2 Å². The molecule has 0 saturated heterocycles. The number of para-hydroxylation sites is 1. The maximum atomic E-state index is 12.2. The highest BCUT2D eigenvalue weighted by atomic mass is 16.1. The van der Waals surface area contributed by atoms with Crippen LogP contribution >= 0.6 is 0 Å². The van der Waals surface area contributed by atoms with Gasteiger partial charge < -0.3 is 5.32 Å². The van der Waals surface area contributed by atoms with Gasteiger partial charge in [0.1, 0.15) is 0 Å². The van der Waals surface area contributed by atoms with Gasteiger partial charge in [-0.1, -0.05) is 67.6 Å². The summed E-state index contributed by atoms with van der Waals surface area (Å²) in [5, 5.41) is 3.96. The van der Waals surface area contributed by atoms with Crippen LogP contribution in [0.15, 0.2) is 79.0 Å². The third kappa shape index (κ3) is 3.87. The van der Waals surface area contributed by atoms with Crippen molar-refractivity contribution in [3.63, 3.8) is 0 Å². The fraction of sp³-hybridized carbons (Fsp3) is 0.143. The Morgan fingerprint density at radius 3 is 2.71 bits per heavy atom. The number of rotatable bonds is 5. The molecule has 0 radical (unpaired) electrons. The highest BCUT2D eigenvalue weighted by molar-refractivity contribution is 6.00. The number of carbonyl (C=O) groups is 1. The number of allylic oxidation sites excluding steroid dienone is 1. The van der Waals surface area contributed by atoms with Crippen LogP contribution in [0.25, 0.3) is 10.9 Å². The molecule has 0 aliphatic rings. The minimum Gasteiger partial charge on any atom is -0.324 e. The molecule has 0 aliphatic carbocycles. The van der Waals surface area contributed by atoms with Crippen LogP contribution in [0.1, 0.15) is 24.8 Å². The molecule has 24 heavy (non-hydrogen) atoms. The molecular weight excluding hydrogens is 296 g/mol. The summed E-state index contributed by atoms with van der Waals surface area (Å²) in [4.78, 5) is 16.5. The third-order valence-electron chi connectivity index (χ3n) is 3.96. The first-order valence-electron chi connectivity index (χ1n) is 8.09. The molecule has 1 amide bonds. The van der Waals surface area contributed by atoms with Crippen LogP contribution in [-0.4, -0.2) is 10.9 Å². The second-order valence-corrected chi connectivity index (χ2v) is 5.76. The zero-order valence-corrected chi connectivity index (χ0v) is 13.6. The van der Waals surface area contributed by atoms with Crippen LogP contribution in [0, 0.1) is 0 Å². The smallest absolute Gasteiger partial charge is 0.228 e. The molecule has 3 aromatic rings. The summed E-state index contributed by atoms with van der Waals surface area (Å²) < 4.78 is 0. The molecule has 0 aliphatic heterocycles. The van der Waals surface area contributed by atoms with Gasteiger partial charge >= 0.3 is 0 Å². The number of nitrogens with zero attached hydrogens (tertiary/aromatic N) is 1. The molecule has 0 spiro atoms. The lowest BCUT2D eigenvalue weighted by Crippen LogP contribution is -2.10. The van der Waals surface area contributed by atoms with E-state index in [2.05, 4.69) is 35.4 Å². The van der Waals surface area contributed by atoms with Gasteiger partial charge in [-0.15, -0.1) is 0 Å². The number of benzene rings is 2. The van der Waals surface area contributed by atoms with Crippen molar-refractivity contribution >= 4 is 22.5 Å². The van der Waals surface area contributed by atoms with Crippen LogP contribution in [-0.2, 0) is 4.79 Å². The van der Waals surface area contributed by atoms with Crippen molar-refractivity contribution in [1.82, 2.24) is 4.98 Å². The van der Waals surface area contributed by atoms with Crippen molar-refractivity contribution in [2.45, 2.75) is 19.3 Å². The molecule has 1 heterocycles. The molecule has 0 bridgehead atoms. The van der Waals surface area contributed by atoms with Gasteiger partial charge in [0, 0.05) is 18.0 Å². The van der Waals surface area contributed by atoms with Gasteiger partial charge in [0.2, 0.25) is 5.91 Å². The first-order chi connectivity index (χ1) is 11.7. The van der Waals surface area contributed by atoms with Crippen LogP contribution in [0.3, 0.4) is 0 Å². The number of fused-ring (bicyclic) bond motifs is 1. The third-order valence-corrected chi connectivity index (χ3v) is 3.96. The Hall–Kier alpha value is -2.94. The number of anilines is 1. The first-order valence-corrected chi connectivity index (χ1v) is 8.09. The molecule has 120 valence electrons. The molecule has 1 atom stereocenters. The van der Waals surface area contributed by atoms with Crippen LogP contribution in [0.5, 0.6) is 0 Å². The molecule has 0 saturated carbocycles. The maximum absolute atomic E-state index is 12.2. The second-order valence-electron chi connectivity index (χ2n) is 5.76. The summed E-state index contributed by atoms with van der Waals surface area (Å²) in [6.07, 6.45) is 6.07. The lowest BCUT2D eigenvalue weighted by atomic mass is 10.0. The van der Waals surface area contributed by atoms with E-state index in [-0.39, 0.29) is 5.91 Å². The monoisotopic (exact) mass is 316 g/mol. The van der Waals surface area contributed by atoms with E-state index in [1.54, 1.807) is 6.20 Å². The summed E-state index contributed by atoms with van der Waals surface area (Å²) in [6, 6.07) is 19.9. The number of carbonyl (C=O) groups excluding carboxylic acids is 1. The Morgan fingerprint density at radius 1 is 1.08 bits per heavy atom. The molecule has 3 nitrogen and oxygen atoms in total. The van der Waals surface area contributed by atoms with E-state index in [1.165, 1.54) is 5.56 Å². The van der Waals surface area contributed by atoms with Crippen molar-refractivity contribution < 1.29 is 4.79 Å². The van der Waals surface area contributed by atoms with Crippen molar-refractivity contribution in [2.24, 2.45) is 0 Å². The van der Waals surface area contributed by atoms with E-state index in [0.717, 1.165) is 16.6 Å². The first kappa shape index (κ1) is 15.9. The molecule has 0 fully saturated rings. The Bertz CT molecular complexity index is 851. The van der Waals surface area contributed by atoms with Crippen molar-refractivity contribution in [3.8, 4) is 0 Å². The lowest BCUT2D eigenvalue weighted by molar-refractivity contribution is -0.115. The van der Waals surface area contributed by atoms with Gasteiger partial charge in [-0.25, -0.2) is 0 Å². The van der Waals surface area contributed by atoms with Crippen LogP contribution < -0.4 is 5.32 Å². The largest absolute Gasteiger partial charge is 0.324 e. The average molecular weight is 316 g/mol. The Morgan fingerprint density at radius 2 is 1.88 bits per heavy atom. The molecule has 3 heteroatoms. The fourth-order valence-electron chi connectivity index (χ4n) is 2.65. The number of hydrogen-bond donors (Lipinski definition) is 1. The van der Waals surface area contributed by atoms with Gasteiger partial charge in [-0.2, -0.15) is 0 Å². The van der Waals surface area contributed by atoms with E-state index < -0.39 is 0 Å². The highest BCUT2D eigenvalue weighted by Gasteiger charge is 2.05. The van der Waals surface area contributed by atoms with Gasteiger partial charge in [-0.3, -0.25) is 9.78 Å². The van der Waals surface area contributed by atoms with Gasteiger partial charge in [0.15, 0.2) is 0 Å². The van der Waals surface area contributed by atoms with Crippen LogP contribution in [0.4, 0.5) is 5.69 Å². The zero-order valence-electron chi connectivity index (χ0n) is 13.6. The van der Waals surface area contributed by atoms with Crippen molar-refractivity contribution in [1.29, 1.82) is 0 Å². The number of hydrogen-bond acceptors (Lipinski definition) is 2. The van der Waals surface area contributed by atoms with E-state index in [9.17, 15) is 4.79 Å². The minimum absolute atomic E-state index is 0.0373. The number of pyridine rings is 1. The summed E-state index contributed by atoms with van der Waals surface area (Å²) in [7, 11) is 0. The topological polar surface area (TPSA) is 42.0 Å². The fourth-order valence-corrected chi connectivity index (χ4v) is 2.65. The van der Waals surface area contributed by atoms with E-state index in [1.807, 2.05) is 54.6 Å². The minimum atomic E-state index is -0.0373. The van der Waals surface area contributed by atoms with E-state index in [0.29, 0.717) is 12.3 Å². The van der Waals surface area contributed by atoms with Crippen molar-refractivity contribution in [3.05, 3.63) is 84.6 Å². The summed E-state index contributed by atoms with van der Waals surface area (Å²) >= 11 is 0. The Balaban J connectivity index is 1.62. The molecule has 1 unspecified atom stereocenters.